The first kappa shape index (κ1) is 16.2. The zero-order valence-electron chi connectivity index (χ0n) is 13.6. The Hall–Kier alpha value is -1.13. The maximum Gasteiger partial charge on any atom is 0.213 e. The van der Waals surface area contributed by atoms with E-state index in [0.29, 0.717) is 6.04 Å². The molecule has 0 saturated carbocycles. The molecule has 1 fully saturated rings. The third kappa shape index (κ3) is 4.97. The summed E-state index contributed by atoms with van der Waals surface area (Å²) in [6.07, 6.45) is 5.54. The van der Waals surface area contributed by atoms with Gasteiger partial charge in [0.15, 0.2) is 0 Å². The molecule has 0 amide bonds. The molecular formula is C17H28N2O2. The second-order valence-corrected chi connectivity index (χ2v) is 6.07. The molecular weight excluding hydrogens is 264 g/mol. The van der Waals surface area contributed by atoms with Crippen LogP contribution in [0.2, 0.25) is 0 Å². The lowest BCUT2D eigenvalue weighted by molar-refractivity contribution is -0.0729. The van der Waals surface area contributed by atoms with Crippen LogP contribution in [0.4, 0.5) is 0 Å². The standard InChI is InChI=1S/C17H28N2O2/c1-5-7-18-14(4)15-6-8-19-17(11-15)21-16-9-12(2)20-13(3)10-16/h6,8,11-14,16,18H,5,7,9-10H2,1-4H3. The number of aromatic nitrogens is 1. The van der Waals surface area contributed by atoms with Crippen LogP contribution in [0.1, 0.15) is 58.6 Å². The lowest BCUT2D eigenvalue weighted by Gasteiger charge is -2.32. The summed E-state index contributed by atoms with van der Waals surface area (Å²) < 4.78 is 11.8. The number of nitrogens with zero attached hydrogens (tertiary/aromatic N) is 1. The quantitative estimate of drug-likeness (QED) is 0.872. The van der Waals surface area contributed by atoms with Crippen molar-refractivity contribution in [3.8, 4) is 5.88 Å². The molecule has 4 heteroatoms. The fourth-order valence-corrected chi connectivity index (χ4v) is 2.85. The molecule has 0 bridgehead atoms. The van der Waals surface area contributed by atoms with E-state index in [0.717, 1.165) is 31.7 Å². The summed E-state index contributed by atoms with van der Waals surface area (Å²) in [6.45, 7) is 9.58. The highest BCUT2D eigenvalue weighted by Crippen LogP contribution is 2.24. The molecule has 2 heterocycles. The second-order valence-electron chi connectivity index (χ2n) is 6.07. The fourth-order valence-electron chi connectivity index (χ4n) is 2.85. The maximum atomic E-state index is 6.07. The molecule has 1 saturated heterocycles. The van der Waals surface area contributed by atoms with Crippen molar-refractivity contribution < 1.29 is 9.47 Å². The van der Waals surface area contributed by atoms with E-state index in [1.165, 1.54) is 5.56 Å². The van der Waals surface area contributed by atoms with E-state index in [1.54, 1.807) is 0 Å². The van der Waals surface area contributed by atoms with E-state index in [2.05, 4.69) is 50.1 Å². The van der Waals surface area contributed by atoms with Crippen molar-refractivity contribution >= 4 is 0 Å². The van der Waals surface area contributed by atoms with E-state index in [-0.39, 0.29) is 18.3 Å². The molecule has 1 aromatic heterocycles. The van der Waals surface area contributed by atoms with Crippen LogP contribution in [0, 0.1) is 0 Å². The van der Waals surface area contributed by atoms with Crippen LogP contribution in [0.25, 0.3) is 0 Å². The Kier molecular flexibility index (Phi) is 6.00. The molecule has 118 valence electrons. The van der Waals surface area contributed by atoms with Gasteiger partial charge in [0.2, 0.25) is 5.88 Å². The second kappa shape index (κ2) is 7.76. The van der Waals surface area contributed by atoms with Gasteiger partial charge in [0, 0.05) is 31.1 Å². The van der Waals surface area contributed by atoms with Gasteiger partial charge in [-0.05, 0) is 45.4 Å². The number of hydrogen-bond acceptors (Lipinski definition) is 4. The van der Waals surface area contributed by atoms with Crippen LogP contribution in [-0.2, 0) is 4.74 Å². The van der Waals surface area contributed by atoms with Gasteiger partial charge in [-0.2, -0.15) is 0 Å². The van der Waals surface area contributed by atoms with E-state index in [4.69, 9.17) is 9.47 Å². The number of hydrogen-bond donors (Lipinski definition) is 1. The van der Waals surface area contributed by atoms with E-state index in [1.807, 2.05) is 6.20 Å². The molecule has 0 radical (unpaired) electrons. The highest BCUT2D eigenvalue weighted by Gasteiger charge is 2.26. The smallest absolute Gasteiger partial charge is 0.213 e. The zero-order chi connectivity index (χ0) is 15.2. The highest BCUT2D eigenvalue weighted by atomic mass is 16.5. The zero-order valence-corrected chi connectivity index (χ0v) is 13.6. The maximum absolute atomic E-state index is 6.07. The third-order valence-corrected chi connectivity index (χ3v) is 3.90. The van der Waals surface area contributed by atoms with Crippen LogP contribution < -0.4 is 10.1 Å². The normalized spacial score (nSPS) is 27.3. The molecule has 0 aromatic carbocycles. The minimum absolute atomic E-state index is 0.199. The van der Waals surface area contributed by atoms with Crippen molar-refractivity contribution in [1.82, 2.24) is 10.3 Å². The molecule has 1 aromatic rings. The molecule has 0 aliphatic carbocycles. The Bertz CT molecular complexity index is 429. The van der Waals surface area contributed by atoms with E-state index < -0.39 is 0 Å². The molecule has 1 aliphatic heterocycles. The lowest BCUT2D eigenvalue weighted by atomic mass is 10.0. The first-order valence-corrected chi connectivity index (χ1v) is 8.10. The molecule has 1 aliphatic rings. The minimum atomic E-state index is 0.199. The Labute approximate surface area is 128 Å². The van der Waals surface area contributed by atoms with Crippen LogP contribution in [0.3, 0.4) is 0 Å². The summed E-state index contributed by atoms with van der Waals surface area (Å²) in [5.41, 5.74) is 1.22. The van der Waals surface area contributed by atoms with Crippen molar-refractivity contribution in [3.63, 3.8) is 0 Å². The summed E-state index contributed by atoms with van der Waals surface area (Å²) in [5, 5.41) is 3.49. The largest absolute Gasteiger partial charge is 0.474 e. The number of pyridine rings is 1. The van der Waals surface area contributed by atoms with Crippen molar-refractivity contribution in [2.75, 3.05) is 6.54 Å². The van der Waals surface area contributed by atoms with Gasteiger partial charge in [0.05, 0.1) is 12.2 Å². The first-order chi connectivity index (χ1) is 10.1. The first-order valence-electron chi connectivity index (χ1n) is 8.10. The monoisotopic (exact) mass is 292 g/mol. The average Bonchev–Trinajstić information content (AvgIpc) is 2.44. The number of rotatable bonds is 6. The van der Waals surface area contributed by atoms with Gasteiger partial charge in [0.25, 0.3) is 0 Å². The molecule has 3 unspecified atom stereocenters. The SMILES string of the molecule is CCCNC(C)c1ccnc(OC2CC(C)OC(C)C2)c1. The van der Waals surface area contributed by atoms with Gasteiger partial charge < -0.3 is 14.8 Å². The Balaban J connectivity index is 1.97. The minimum Gasteiger partial charge on any atom is -0.474 e. The molecule has 2 rings (SSSR count). The lowest BCUT2D eigenvalue weighted by Crippen LogP contribution is -2.35. The number of ether oxygens (including phenoxy) is 2. The number of nitrogens with one attached hydrogen (secondary N) is 1. The summed E-state index contributed by atoms with van der Waals surface area (Å²) in [4.78, 5) is 4.36. The molecule has 4 nitrogen and oxygen atoms in total. The predicted octanol–water partition coefficient (Wildman–Crippen LogP) is 3.48. The van der Waals surface area contributed by atoms with Gasteiger partial charge in [-0.15, -0.1) is 0 Å². The van der Waals surface area contributed by atoms with Crippen LogP contribution >= 0.6 is 0 Å². The van der Waals surface area contributed by atoms with Crippen LogP contribution in [0.5, 0.6) is 5.88 Å². The van der Waals surface area contributed by atoms with E-state index >= 15 is 0 Å². The summed E-state index contributed by atoms with van der Waals surface area (Å²) >= 11 is 0. The average molecular weight is 292 g/mol. The van der Waals surface area contributed by atoms with Gasteiger partial charge in [0.1, 0.15) is 6.10 Å². The Morgan fingerprint density at radius 3 is 2.76 bits per heavy atom. The Morgan fingerprint density at radius 1 is 1.38 bits per heavy atom. The Morgan fingerprint density at radius 2 is 2.10 bits per heavy atom. The topological polar surface area (TPSA) is 43.4 Å². The van der Waals surface area contributed by atoms with Gasteiger partial charge in [-0.25, -0.2) is 4.98 Å². The van der Waals surface area contributed by atoms with Gasteiger partial charge in [-0.1, -0.05) is 6.92 Å². The molecule has 0 spiro atoms. The summed E-state index contributed by atoms with van der Waals surface area (Å²) in [7, 11) is 0. The fraction of sp³-hybridized carbons (Fsp3) is 0.706. The highest BCUT2D eigenvalue weighted by molar-refractivity contribution is 5.23. The predicted molar refractivity (Wildman–Crippen MR) is 84.6 cm³/mol. The van der Waals surface area contributed by atoms with Crippen molar-refractivity contribution in [2.24, 2.45) is 0 Å². The van der Waals surface area contributed by atoms with Crippen molar-refractivity contribution in [1.29, 1.82) is 0 Å². The molecule has 21 heavy (non-hydrogen) atoms. The third-order valence-electron chi connectivity index (χ3n) is 3.90. The van der Waals surface area contributed by atoms with Crippen LogP contribution in [-0.4, -0.2) is 29.8 Å². The molecule has 1 N–H and O–H groups in total. The van der Waals surface area contributed by atoms with Crippen molar-refractivity contribution in [3.05, 3.63) is 23.9 Å². The summed E-state index contributed by atoms with van der Waals surface area (Å²) in [6, 6.07) is 4.43. The van der Waals surface area contributed by atoms with Gasteiger partial charge in [-0.3, -0.25) is 0 Å². The van der Waals surface area contributed by atoms with E-state index in [9.17, 15) is 0 Å². The van der Waals surface area contributed by atoms with Crippen LogP contribution in [0.15, 0.2) is 18.3 Å². The van der Waals surface area contributed by atoms with Gasteiger partial charge >= 0.3 is 0 Å². The molecule has 3 atom stereocenters. The van der Waals surface area contributed by atoms with Crippen molar-refractivity contribution in [2.45, 2.75) is 71.3 Å². The summed E-state index contributed by atoms with van der Waals surface area (Å²) in [5.74, 6) is 0.726.